The van der Waals surface area contributed by atoms with E-state index in [1.807, 2.05) is 53.4 Å². The first-order chi connectivity index (χ1) is 13.2. The van der Waals surface area contributed by atoms with E-state index in [2.05, 4.69) is 0 Å². The molecule has 0 fully saturated rings. The molecule has 1 heterocycles. The molecule has 2 unspecified atom stereocenters. The number of hydrogen-bond acceptors (Lipinski definition) is 4. The minimum Gasteiger partial charge on any atom is -0.462 e. The SMILES string of the molecule is CCOC(=O)c1cccc(N2C(c3ccccc3)=NC3C=C(F)C=CC32)c1. The summed E-state index contributed by atoms with van der Waals surface area (Å²) >= 11 is 0. The Kier molecular flexibility index (Phi) is 4.59. The number of anilines is 1. The van der Waals surface area contributed by atoms with Gasteiger partial charge < -0.3 is 9.64 Å². The van der Waals surface area contributed by atoms with Crippen LogP contribution in [-0.2, 0) is 4.74 Å². The maximum atomic E-state index is 13.8. The number of fused-ring (bicyclic) bond motifs is 1. The summed E-state index contributed by atoms with van der Waals surface area (Å²) in [5, 5.41) is 0. The van der Waals surface area contributed by atoms with Crippen molar-refractivity contribution in [1.82, 2.24) is 0 Å². The monoisotopic (exact) mass is 362 g/mol. The molecule has 1 aliphatic heterocycles. The van der Waals surface area contributed by atoms with Gasteiger partial charge in [-0.3, -0.25) is 4.99 Å². The Morgan fingerprint density at radius 2 is 2.00 bits per heavy atom. The van der Waals surface area contributed by atoms with Crippen LogP contribution in [0, 0.1) is 0 Å². The first kappa shape index (κ1) is 17.2. The number of nitrogens with zero attached hydrogens (tertiary/aromatic N) is 2. The van der Waals surface area contributed by atoms with Gasteiger partial charge in [-0.05, 0) is 37.3 Å². The zero-order valence-electron chi connectivity index (χ0n) is 14.9. The Balaban J connectivity index is 1.77. The third kappa shape index (κ3) is 3.28. The van der Waals surface area contributed by atoms with E-state index in [1.165, 1.54) is 12.2 Å². The van der Waals surface area contributed by atoms with Crippen LogP contribution in [0.5, 0.6) is 0 Å². The number of halogens is 1. The van der Waals surface area contributed by atoms with E-state index in [1.54, 1.807) is 19.1 Å². The molecule has 2 aromatic rings. The van der Waals surface area contributed by atoms with E-state index in [9.17, 15) is 9.18 Å². The van der Waals surface area contributed by atoms with Crippen molar-refractivity contribution >= 4 is 17.5 Å². The van der Waals surface area contributed by atoms with Crippen LogP contribution < -0.4 is 4.90 Å². The minimum atomic E-state index is -0.363. The molecule has 0 spiro atoms. The van der Waals surface area contributed by atoms with Crippen molar-refractivity contribution in [3.05, 3.63) is 89.8 Å². The van der Waals surface area contributed by atoms with E-state index in [0.29, 0.717) is 12.2 Å². The van der Waals surface area contributed by atoms with Crippen LogP contribution in [0.2, 0.25) is 0 Å². The molecule has 27 heavy (non-hydrogen) atoms. The summed E-state index contributed by atoms with van der Waals surface area (Å²) in [7, 11) is 0. The Hall–Kier alpha value is -3.21. The molecule has 136 valence electrons. The lowest BCUT2D eigenvalue weighted by atomic mass is 10.0. The zero-order valence-corrected chi connectivity index (χ0v) is 14.9. The van der Waals surface area contributed by atoms with E-state index in [0.717, 1.165) is 17.1 Å². The average molecular weight is 362 g/mol. The number of rotatable bonds is 4. The maximum absolute atomic E-state index is 13.8. The van der Waals surface area contributed by atoms with Crippen LogP contribution in [0.15, 0.2) is 83.6 Å². The summed E-state index contributed by atoms with van der Waals surface area (Å²) in [5.74, 6) is 0.107. The van der Waals surface area contributed by atoms with Crippen molar-refractivity contribution in [2.75, 3.05) is 11.5 Å². The lowest BCUT2D eigenvalue weighted by Gasteiger charge is -2.29. The Labute approximate surface area is 157 Å². The highest BCUT2D eigenvalue weighted by atomic mass is 19.1. The van der Waals surface area contributed by atoms with Crippen molar-refractivity contribution < 1.29 is 13.9 Å². The second kappa shape index (κ2) is 7.19. The van der Waals surface area contributed by atoms with Gasteiger partial charge in [-0.1, -0.05) is 42.5 Å². The second-order valence-electron chi connectivity index (χ2n) is 6.35. The topological polar surface area (TPSA) is 41.9 Å². The summed E-state index contributed by atoms with van der Waals surface area (Å²) in [6, 6.07) is 16.6. The number of carbonyl (C=O) groups is 1. The Bertz CT molecular complexity index is 950. The molecule has 4 nitrogen and oxygen atoms in total. The second-order valence-corrected chi connectivity index (χ2v) is 6.35. The summed E-state index contributed by atoms with van der Waals surface area (Å²) in [6.07, 6.45) is 4.81. The van der Waals surface area contributed by atoms with Crippen molar-refractivity contribution in [2.45, 2.75) is 19.0 Å². The molecule has 0 aromatic heterocycles. The fraction of sp³-hybridized carbons (Fsp3) is 0.182. The Morgan fingerprint density at radius 3 is 2.78 bits per heavy atom. The van der Waals surface area contributed by atoms with Crippen LogP contribution in [0.4, 0.5) is 10.1 Å². The predicted molar refractivity (Wildman–Crippen MR) is 104 cm³/mol. The maximum Gasteiger partial charge on any atom is 0.338 e. The standard InChI is InChI=1S/C22H19FN2O2/c1-2-27-22(26)16-9-6-10-18(13-16)25-20-12-11-17(23)14-19(20)24-21(25)15-7-4-3-5-8-15/h3-14,19-20H,2H2,1H3. The molecular formula is C22H19FN2O2. The molecule has 5 heteroatoms. The van der Waals surface area contributed by atoms with Crippen LogP contribution >= 0.6 is 0 Å². The first-order valence-corrected chi connectivity index (χ1v) is 8.92. The first-order valence-electron chi connectivity index (χ1n) is 8.92. The summed E-state index contributed by atoms with van der Waals surface area (Å²) in [6.45, 7) is 2.10. The van der Waals surface area contributed by atoms with E-state index in [-0.39, 0.29) is 23.9 Å². The number of esters is 1. The van der Waals surface area contributed by atoms with Gasteiger partial charge >= 0.3 is 5.97 Å². The van der Waals surface area contributed by atoms with Crippen molar-refractivity contribution in [3.63, 3.8) is 0 Å². The molecule has 2 aromatic carbocycles. The van der Waals surface area contributed by atoms with Gasteiger partial charge in [0.1, 0.15) is 11.7 Å². The number of hydrogen-bond donors (Lipinski definition) is 0. The molecule has 2 aliphatic rings. The van der Waals surface area contributed by atoms with Gasteiger partial charge in [0.2, 0.25) is 0 Å². The smallest absolute Gasteiger partial charge is 0.338 e. The van der Waals surface area contributed by atoms with E-state index in [4.69, 9.17) is 9.73 Å². The molecule has 0 amide bonds. The van der Waals surface area contributed by atoms with Crippen molar-refractivity contribution in [3.8, 4) is 0 Å². The van der Waals surface area contributed by atoms with Crippen LogP contribution in [0.1, 0.15) is 22.8 Å². The molecule has 4 rings (SSSR count). The molecule has 0 bridgehead atoms. The van der Waals surface area contributed by atoms with Crippen LogP contribution in [-0.4, -0.2) is 30.5 Å². The highest BCUT2D eigenvalue weighted by Crippen LogP contribution is 2.33. The van der Waals surface area contributed by atoms with Gasteiger partial charge in [0.05, 0.1) is 24.3 Å². The largest absolute Gasteiger partial charge is 0.462 e. The summed E-state index contributed by atoms with van der Waals surface area (Å²) in [4.78, 5) is 18.9. The summed E-state index contributed by atoms with van der Waals surface area (Å²) in [5.41, 5.74) is 2.23. The molecule has 0 radical (unpaired) electrons. The number of allylic oxidation sites excluding steroid dienone is 2. The van der Waals surface area contributed by atoms with Gasteiger partial charge in [-0.25, -0.2) is 9.18 Å². The third-order valence-corrected chi connectivity index (χ3v) is 4.60. The van der Waals surface area contributed by atoms with Crippen molar-refractivity contribution in [1.29, 1.82) is 0 Å². The molecule has 0 saturated heterocycles. The van der Waals surface area contributed by atoms with E-state index < -0.39 is 0 Å². The lowest BCUT2D eigenvalue weighted by molar-refractivity contribution is 0.0526. The number of benzene rings is 2. The quantitative estimate of drug-likeness (QED) is 0.762. The molecule has 2 atom stereocenters. The minimum absolute atomic E-state index is 0.142. The van der Waals surface area contributed by atoms with Gasteiger partial charge in [0.25, 0.3) is 0 Å². The van der Waals surface area contributed by atoms with Gasteiger partial charge in [0.15, 0.2) is 0 Å². The number of ether oxygens (including phenoxy) is 1. The highest BCUT2D eigenvalue weighted by Gasteiger charge is 2.37. The lowest BCUT2D eigenvalue weighted by Crippen LogP contribution is -2.39. The third-order valence-electron chi connectivity index (χ3n) is 4.60. The van der Waals surface area contributed by atoms with Crippen molar-refractivity contribution in [2.24, 2.45) is 4.99 Å². The molecule has 0 saturated carbocycles. The fourth-order valence-electron chi connectivity index (χ4n) is 3.41. The number of aliphatic imine (C=N–C) groups is 1. The number of carbonyl (C=O) groups excluding carboxylic acids is 1. The summed E-state index contributed by atoms with van der Waals surface area (Å²) < 4.78 is 18.9. The fourth-order valence-corrected chi connectivity index (χ4v) is 3.41. The highest BCUT2D eigenvalue weighted by molar-refractivity contribution is 6.12. The Morgan fingerprint density at radius 1 is 1.19 bits per heavy atom. The predicted octanol–water partition coefficient (Wildman–Crippen LogP) is 4.29. The molecule has 0 N–H and O–H groups in total. The average Bonchev–Trinajstić information content (AvgIpc) is 3.07. The van der Waals surface area contributed by atoms with Crippen LogP contribution in [0.3, 0.4) is 0 Å². The van der Waals surface area contributed by atoms with Gasteiger partial charge in [-0.15, -0.1) is 0 Å². The number of amidine groups is 1. The normalized spacial score (nSPS) is 20.7. The van der Waals surface area contributed by atoms with Crippen LogP contribution in [0.25, 0.3) is 0 Å². The van der Waals surface area contributed by atoms with Gasteiger partial charge in [0, 0.05) is 11.3 Å². The molecule has 1 aliphatic carbocycles. The van der Waals surface area contributed by atoms with Gasteiger partial charge in [-0.2, -0.15) is 0 Å². The zero-order chi connectivity index (χ0) is 18.8. The van der Waals surface area contributed by atoms with E-state index >= 15 is 0 Å². The molecular weight excluding hydrogens is 343 g/mol.